The Morgan fingerprint density at radius 3 is 2.60 bits per heavy atom. The highest BCUT2D eigenvalue weighted by molar-refractivity contribution is 5.94. The van der Waals surface area contributed by atoms with Crippen molar-refractivity contribution < 1.29 is 24.5 Å². The van der Waals surface area contributed by atoms with Gasteiger partial charge in [-0.3, -0.25) is 9.59 Å². The molecule has 1 saturated heterocycles. The highest BCUT2D eigenvalue weighted by atomic mass is 16.5. The average molecular weight is 572 g/mol. The standard InChI is InChI=1S/C30H33N7O5/c38-24-7-4-12-36(24)13-14-42-21-10-8-20(9-11-21)30(41)35-22-15-23(27(40)26(22)39)37-18-34-25-28(32-17-33-29(25)37)31-16-19-5-2-1-3-6-19/h1-3,5-6,8-11,17-18,22-23,26-27,39-40H,4,7,12-16H2,(H,35,41)(H,31,32,33)/t22-,23+,26-,27+/m1/s1. The van der Waals surface area contributed by atoms with E-state index in [0.717, 1.165) is 18.5 Å². The van der Waals surface area contributed by atoms with Gasteiger partial charge in [-0.15, -0.1) is 0 Å². The molecule has 3 heterocycles. The Balaban J connectivity index is 1.07. The minimum absolute atomic E-state index is 0.155. The number of anilines is 1. The summed E-state index contributed by atoms with van der Waals surface area (Å²) in [6.07, 6.45) is 2.47. The van der Waals surface area contributed by atoms with Crippen LogP contribution in [0.4, 0.5) is 5.82 Å². The van der Waals surface area contributed by atoms with Crippen molar-refractivity contribution in [2.24, 2.45) is 0 Å². The minimum Gasteiger partial charge on any atom is -0.492 e. The molecule has 6 rings (SSSR count). The third-order valence-corrected chi connectivity index (χ3v) is 7.90. The van der Waals surface area contributed by atoms with Crippen LogP contribution in [0.1, 0.15) is 41.2 Å². The largest absolute Gasteiger partial charge is 0.492 e. The van der Waals surface area contributed by atoms with Crippen LogP contribution in [0.2, 0.25) is 0 Å². The second-order valence-electron chi connectivity index (χ2n) is 10.6. The number of nitrogens with zero attached hydrogens (tertiary/aromatic N) is 5. The molecular weight excluding hydrogens is 538 g/mol. The maximum Gasteiger partial charge on any atom is 0.251 e. The van der Waals surface area contributed by atoms with Crippen LogP contribution < -0.4 is 15.4 Å². The first-order valence-corrected chi connectivity index (χ1v) is 14.1. The fourth-order valence-electron chi connectivity index (χ4n) is 5.60. The molecule has 12 heteroatoms. The van der Waals surface area contributed by atoms with Crippen molar-refractivity contribution in [1.82, 2.24) is 29.7 Å². The number of imidazole rings is 1. The van der Waals surface area contributed by atoms with Gasteiger partial charge in [-0.25, -0.2) is 15.0 Å². The molecule has 4 aromatic rings. The van der Waals surface area contributed by atoms with E-state index >= 15 is 0 Å². The Bertz CT molecular complexity index is 1540. The third-order valence-electron chi connectivity index (χ3n) is 7.90. The van der Waals surface area contributed by atoms with Crippen LogP contribution >= 0.6 is 0 Å². The molecule has 1 saturated carbocycles. The maximum atomic E-state index is 13.0. The Morgan fingerprint density at radius 1 is 1.02 bits per heavy atom. The highest BCUT2D eigenvalue weighted by Gasteiger charge is 2.44. The first-order valence-electron chi connectivity index (χ1n) is 14.1. The number of benzene rings is 2. The van der Waals surface area contributed by atoms with E-state index in [1.807, 2.05) is 30.3 Å². The molecule has 0 spiro atoms. The van der Waals surface area contributed by atoms with E-state index in [4.69, 9.17) is 4.74 Å². The summed E-state index contributed by atoms with van der Waals surface area (Å²) in [5, 5.41) is 27.9. The molecule has 0 bridgehead atoms. The van der Waals surface area contributed by atoms with E-state index < -0.39 is 24.3 Å². The molecule has 12 nitrogen and oxygen atoms in total. The maximum absolute atomic E-state index is 13.0. The number of aliphatic hydroxyl groups is 2. The van der Waals surface area contributed by atoms with E-state index in [-0.39, 0.29) is 18.2 Å². The van der Waals surface area contributed by atoms with Crippen molar-refractivity contribution in [2.75, 3.05) is 25.0 Å². The normalized spacial score (nSPS) is 22.0. The summed E-state index contributed by atoms with van der Waals surface area (Å²) in [5.41, 5.74) is 2.57. The Kier molecular flexibility index (Phi) is 7.97. The monoisotopic (exact) mass is 571 g/mol. The van der Waals surface area contributed by atoms with Crippen molar-refractivity contribution in [3.05, 3.63) is 78.4 Å². The molecule has 4 atom stereocenters. The molecule has 218 valence electrons. The number of nitrogens with one attached hydrogen (secondary N) is 2. The van der Waals surface area contributed by atoms with E-state index in [1.54, 1.807) is 40.1 Å². The second-order valence-corrected chi connectivity index (χ2v) is 10.6. The van der Waals surface area contributed by atoms with Gasteiger partial charge in [-0.2, -0.15) is 0 Å². The van der Waals surface area contributed by atoms with Crippen molar-refractivity contribution in [1.29, 1.82) is 0 Å². The van der Waals surface area contributed by atoms with Gasteiger partial charge in [0.25, 0.3) is 5.91 Å². The number of carbonyl (C=O) groups excluding carboxylic acids is 2. The number of aliphatic hydroxyl groups excluding tert-OH is 2. The lowest BCUT2D eigenvalue weighted by Gasteiger charge is -2.18. The molecule has 42 heavy (non-hydrogen) atoms. The van der Waals surface area contributed by atoms with Crippen molar-refractivity contribution in [3.8, 4) is 5.75 Å². The Labute approximate surface area is 242 Å². The quantitative estimate of drug-likeness (QED) is 0.223. The summed E-state index contributed by atoms with van der Waals surface area (Å²) < 4.78 is 7.46. The smallest absolute Gasteiger partial charge is 0.251 e. The topological polar surface area (TPSA) is 155 Å². The average Bonchev–Trinajstić information content (AvgIpc) is 3.71. The number of hydrogen-bond donors (Lipinski definition) is 4. The van der Waals surface area contributed by atoms with Gasteiger partial charge in [-0.05, 0) is 42.7 Å². The molecule has 2 amide bonds. The van der Waals surface area contributed by atoms with Crippen LogP contribution in [0.15, 0.2) is 67.3 Å². The third kappa shape index (κ3) is 5.76. The zero-order valence-corrected chi connectivity index (χ0v) is 23.0. The Morgan fingerprint density at radius 2 is 1.83 bits per heavy atom. The van der Waals surface area contributed by atoms with Gasteiger partial charge in [0.2, 0.25) is 5.91 Å². The predicted molar refractivity (Wildman–Crippen MR) is 154 cm³/mol. The summed E-state index contributed by atoms with van der Waals surface area (Å²) in [5.74, 6) is 0.951. The summed E-state index contributed by atoms with van der Waals surface area (Å²) in [6, 6.07) is 15.4. The van der Waals surface area contributed by atoms with Gasteiger partial charge >= 0.3 is 0 Å². The van der Waals surface area contributed by atoms with Gasteiger partial charge in [0.1, 0.15) is 36.4 Å². The fraction of sp³-hybridized carbons (Fsp3) is 0.367. The van der Waals surface area contributed by atoms with Gasteiger partial charge in [0.05, 0.1) is 25.0 Å². The number of aromatic nitrogens is 4. The fourth-order valence-corrected chi connectivity index (χ4v) is 5.60. The van der Waals surface area contributed by atoms with Crippen LogP contribution in [0.3, 0.4) is 0 Å². The lowest BCUT2D eigenvalue weighted by atomic mass is 10.1. The number of fused-ring (bicyclic) bond motifs is 1. The zero-order chi connectivity index (χ0) is 29.1. The van der Waals surface area contributed by atoms with Crippen LogP contribution in [0.25, 0.3) is 11.2 Å². The summed E-state index contributed by atoms with van der Waals surface area (Å²) >= 11 is 0. The van der Waals surface area contributed by atoms with Crippen LogP contribution in [0, 0.1) is 0 Å². The molecule has 2 aromatic heterocycles. The molecule has 2 fully saturated rings. The van der Waals surface area contributed by atoms with E-state index in [0.29, 0.717) is 54.4 Å². The molecule has 0 unspecified atom stereocenters. The highest BCUT2D eigenvalue weighted by Crippen LogP contribution is 2.34. The first-order chi connectivity index (χ1) is 20.5. The number of hydrogen-bond acceptors (Lipinski definition) is 9. The van der Waals surface area contributed by atoms with E-state index in [1.165, 1.54) is 6.33 Å². The molecule has 4 N–H and O–H groups in total. The zero-order valence-electron chi connectivity index (χ0n) is 23.0. The number of carbonyl (C=O) groups is 2. The van der Waals surface area contributed by atoms with E-state index in [9.17, 15) is 19.8 Å². The minimum atomic E-state index is -1.18. The van der Waals surface area contributed by atoms with Gasteiger partial charge < -0.3 is 35.1 Å². The molecular formula is C30H33N7O5. The van der Waals surface area contributed by atoms with Crippen molar-refractivity contribution in [2.45, 2.75) is 50.1 Å². The van der Waals surface area contributed by atoms with Gasteiger partial charge in [0, 0.05) is 25.1 Å². The SMILES string of the molecule is O=C(N[C@@H]1C[C@H](n2cnc3c(NCc4ccccc4)ncnc32)[C@H](O)[C@@H]1O)c1ccc(OCCN2CCCC2=O)cc1. The Hall–Kier alpha value is -4.55. The number of rotatable bonds is 10. The molecule has 1 aliphatic carbocycles. The molecule has 1 aliphatic heterocycles. The molecule has 0 radical (unpaired) electrons. The van der Waals surface area contributed by atoms with Crippen molar-refractivity contribution >= 4 is 28.8 Å². The molecule has 2 aromatic carbocycles. The summed E-state index contributed by atoms with van der Waals surface area (Å²) in [4.78, 5) is 39.7. The van der Waals surface area contributed by atoms with Crippen LogP contribution in [-0.2, 0) is 11.3 Å². The number of likely N-dealkylation sites (tertiary alicyclic amines) is 1. The summed E-state index contributed by atoms with van der Waals surface area (Å²) in [7, 11) is 0. The van der Waals surface area contributed by atoms with Crippen LogP contribution in [-0.4, -0.2) is 84.4 Å². The predicted octanol–water partition coefficient (Wildman–Crippen LogP) is 1.90. The van der Waals surface area contributed by atoms with Gasteiger partial charge in [0.15, 0.2) is 11.5 Å². The first kappa shape index (κ1) is 27.6. The van der Waals surface area contributed by atoms with Crippen molar-refractivity contribution in [3.63, 3.8) is 0 Å². The second kappa shape index (κ2) is 12.1. The summed E-state index contributed by atoms with van der Waals surface area (Å²) in [6.45, 7) is 2.24. The number of amides is 2. The lowest BCUT2D eigenvalue weighted by Crippen LogP contribution is -2.43. The number of ether oxygens (including phenoxy) is 1. The van der Waals surface area contributed by atoms with Crippen LogP contribution in [0.5, 0.6) is 5.75 Å². The van der Waals surface area contributed by atoms with E-state index in [2.05, 4.69) is 25.6 Å². The van der Waals surface area contributed by atoms with Gasteiger partial charge in [-0.1, -0.05) is 30.3 Å². The lowest BCUT2D eigenvalue weighted by molar-refractivity contribution is -0.128. The molecule has 2 aliphatic rings.